The van der Waals surface area contributed by atoms with Crippen LogP contribution in [0.2, 0.25) is 0 Å². The molecule has 1 amide bonds. The fraction of sp³-hybridized carbons (Fsp3) is 0.438. The van der Waals surface area contributed by atoms with E-state index in [1.165, 1.54) is 30.2 Å². The van der Waals surface area contributed by atoms with Crippen LogP contribution < -0.4 is 10.0 Å². The highest BCUT2D eigenvalue weighted by molar-refractivity contribution is 7.89. The molecule has 2 aromatic rings. The summed E-state index contributed by atoms with van der Waals surface area (Å²) in [4.78, 5) is 13.4. The van der Waals surface area contributed by atoms with Gasteiger partial charge in [0.15, 0.2) is 0 Å². The Morgan fingerprint density at radius 2 is 2.08 bits per heavy atom. The van der Waals surface area contributed by atoms with Gasteiger partial charge in [0, 0.05) is 24.6 Å². The van der Waals surface area contributed by atoms with Gasteiger partial charge in [-0.2, -0.15) is 0 Å². The molecule has 0 aliphatic heterocycles. The Morgan fingerprint density at radius 3 is 2.80 bits per heavy atom. The molecule has 2 heterocycles. The van der Waals surface area contributed by atoms with Gasteiger partial charge in [0.25, 0.3) is 5.91 Å². The maximum atomic E-state index is 12.5. The van der Waals surface area contributed by atoms with Crippen LogP contribution in [-0.2, 0) is 21.3 Å². The molecule has 0 radical (unpaired) electrons. The number of hydrogen-bond donors (Lipinski definition) is 2. The van der Waals surface area contributed by atoms with E-state index >= 15 is 0 Å². The van der Waals surface area contributed by atoms with Crippen LogP contribution in [0.25, 0.3) is 0 Å². The Labute approximate surface area is 155 Å². The lowest BCUT2D eigenvalue weighted by Crippen LogP contribution is -2.30. The maximum Gasteiger partial charge on any atom is 0.262 e. The fourth-order valence-corrected chi connectivity index (χ4v) is 5.27. The van der Waals surface area contributed by atoms with Crippen molar-refractivity contribution >= 4 is 38.6 Å². The molecule has 0 aromatic carbocycles. The second-order valence-corrected chi connectivity index (χ2v) is 9.48. The van der Waals surface area contributed by atoms with Gasteiger partial charge >= 0.3 is 0 Å². The van der Waals surface area contributed by atoms with Crippen LogP contribution in [0.4, 0.5) is 0 Å². The summed E-state index contributed by atoms with van der Waals surface area (Å²) in [5.74, 6) is 0.292. The number of amides is 1. The van der Waals surface area contributed by atoms with Crippen molar-refractivity contribution in [1.29, 1.82) is 0 Å². The molecule has 2 N–H and O–H groups in total. The molecule has 0 spiro atoms. The molecule has 0 unspecified atom stereocenters. The van der Waals surface area contributed by atoms with Crippen LogP contribution in [0.5, 0.6) is 0 Å². The highest BCUT2D eigenvalue weighted by Crippen LogP contribution is 2.28. The van der Waals surface area contributed by atoms with Crippen molar-refractivity contribution in [3.8, 4) is 0 Å². The molecule has 1 saturated carbocycles. The zero-order valence-corrected chi connectivity index (χ0v) is 16.0. The third-order valence-corrected chi connectivity index (χ3v) is 7.09. The molecule has 25 heavy (non-hydrogen) atoms. The molecule has 9 heteroatoms. The summed E-state index contributed by atoms with van der Waals surface area (Å²) in [6.45, 7) is 1.75. The highest BCUT2D eigenvalue weighted by atomic mass is 32.2. The first-order valence-electron chi connectivity index (χ1n) is 8.02. The molecule has 0 saturated heterocycles. The Bertz CT molecular complexity index is 795. The molecule has 0 atom stereocenters. The van der Waals surface area contributed by atoms with Gasteiger partial charge in [-0.25, -0.2) is 13.1 Å². The first kappa shape index (κ1) is 18.5. The summed E-state index contributed by atoms with van der Waals surface area (Å²) in [6, 6.07) is 5.18. The van der Waals surface area contributed by atoms with E-state index in [4.69, 9.17) is 4.74 Å². The van der Waals surface area contributed by atoms with E-state index in [1.54, 1.807) is 5.38 Å². The predicted molar refractivity (Wildman–Crippen MR) is 98.5 cm³/mol. The van der Waals surface area contributed by atoms with Gasteiger partial charge < -0.3 is 10.1 Å². The zero-order chi connectivity index (χ0) is 17.7. The molecule has 0 bridgehead atoms. The summed E-state index contributed by atoms with van der Waals surface area (Å²) < 4.78 is 32.9. The van der Waals surface area contributed by atoms with Gasteiger partial charge in [-0.1, -0.05) is 6.07 Å². The number of ether oxygens (including phenoxy) is 1. The highest BCUT2D eigenvalue weighted by Gasteiger charge is 2.24. The van der Waals surface area contributed by atoms with Crippen LogP contribution in [0, 0.1) is 5.92 Å². The number of rotatable bonds is 10. The molecule has 3 rings (SSSR count). The zero-order valence-electron chi connectivity index (χ0n) is 13.6. The van der Waals surface area contributed by atoms with Crippen LogP contribution in [0.3, 0.4) is 0 Å². The van der Waals surface area contributed by atoms with Crippen LogP contribution in [0.1, 0.15) is 27.4 Å². The van der Waals surface area contributed by atoms with Gasteiger partial charge in [-0.05, 0) is 41.7 Å². The van der Waals surface area contributed by atoms with E-state index in [2.05, 4.69) is 10.0 Å². The Morgan fingerprint density at radius 1 is 1.24 bits per heavy atom. The summed E-state index contributed by atoms with van der Waals surface area (Å²) in [5, 5.41) is 6.21. The average molecular weight is 401 g/mol. The number of sulfonamides is 1. The van der Waals surface area contributed by atoms with E-state index in [0.29, 0.717) is 19.1 Å². The summed E-state index contributed by atoms with van der Waals surface area (Å²) in [5.41, 5.74) is 0. The Balaban J connectivity index is 1.53. The van der Waals surface area contributed by atoms with E-state index < -0.39 is 10.0 Å². The number of nitrogens with one attached hydrogen (secondary N) is 2. The maximum absolute atomic E-state index is 12.5. The van der Waals surface area contributed by atoms with Gasteiger partial charge in [0.2, 0.25) is 10.0 Å². The van der Waals surface area contributed by atoms with Gasteiger partial charge in [-0.15, -0.1) is 22.7 Å². The second-order valence-electron chi connectivity index (χ2n) is 5.79. The number of thiophene rings is 2. The van der Waals surface area contributed by atoms with Crippen LogP contribution in [0.15, 0.2) is 33.9 Å². The Hall–Kier alpha value is -1.26. The lowest BCUT2D eigenvalue weighted by molar-refractivity contribution is 0.0907. The molecule has 1 aliphatic carbocycles. The van der Waals surface area contributed by atoms with Crippen molar-refractivity contribution in [2.45, 2.75) is 24.3 Å². The third-order valence-electron chi connectivity index (χ3n) is 3.72. The summed E-state index contributed by atoms with van der Waals surface area (Å²) >= 11 is 2.59. The van der Waals surface area contributed by atoms with Gasteiger partial charge in [0.1, 0.15) is 9.77 Å². The van der Waals surface area contributed by atoms with Crippen molar-refractivity contribution in [2.24, 2.45) is 5.92 Å². The van der Waals surface area contributed by atoms with Crippen molar-refractivity contribution in [3.63, 3.8) is 0 Å². The SMILES string of the molecule is O=C(NCCOCC1CC1)c1sccc1S(=O)(=O)NCc1cccs1. The van der Waals surface area contributed by atoms with Crippen molar-refractivity contribution in [3.05, 3.63) is 38.7 Å². The number of hydrogen-bond acceptors (Lipinski definition) is 6. The minimum Gasteiger partial charge on any atom is -0.379 e. The monoisotopic (exact) mass is 400 g/mol. The lowest BCUT2D eigenvalue weighted by Gasteiger charge is -2.08. The average Bonchev–Trinajstić information content (AvgIpc) is 3.06. The van der Waals surface area contributed by atoms with Crippen molar-refractivity contribution < 1.29 is 17.9 Å². The van der Waals surface area contributed by atoms with Crippen LogP contribution in [-0.4, -0.2) is 34.1 Å². The summed E-state index contributed by atoms with van der Waals surface area (Å²) in [7, 11) is -3.73. The van der Waals surface area contributed by atoms with Crippen LogP contribution >= 0.6 is 22.7 Å². The Kier molecular flexibility index (Phi) is 6.24. The van der Waals surface area contributed by atoms with E-state index in [-0.39, 0.29) is 22.2 Å². The molecule has 2 aromatic heterocycles. The molecular formula is C16H20N2O4S3. The molecule has 1 aliphatic rings. The van der Waals surface area contributed by atoms with Crippen molar-refractivity contribution in [2.75, 3.05) is 19.8 Å². The molecule has 136 valence electrons. The smallest absolute Gasteiger partial charge is 0.262 e. The minimum absolute atomic E-state index is 0.0189. The van der Waals surface area contributed by atoms with Gasteiger partial charge in [-0.3, -0.25) is 4.79 Å². The van der Waals surface area contributed by atoms with E-state index in [0.717, 1.165) is 22.8 Å². The van der Waals surface area contributed by atoms with E-state index in [1.807, 2.05) is 17.5 Å². The predicted octanol–water partition coefficient (Wildman–Crippen LogP) is 2.44. The van der Waals surface area contributed by atoms with Gasteiger partial charge in [0.05, 0.1) is 6.61 Å². The molecule has 6 nitrogen and oxygen atoms in total. The largest absolute Gasteiger partial charge is 0.379 e. The number of carbonyl (C=O) groups excluding carboxylic acids is 1. The molecule has 1 fully saturated rings. The summed E-state index contributed by atoms with van der Waals surface area (Å²) in [6.07, 6.45) is 2.45. The second kappa shape index (κ2) is 8.41. The minimum atomic E-state index is -3.73. The standard InChI is InChI=1S/C16H20N2O4S3/c19-16(17-6-7-22-11-12-3-4-12)15-14(5-9-24-15)25(20,21)18-10-13-2-1-8-23-13/h1-2,5,8-9,12,18H,3-4,6-7,10-11H2,(H,17,19). The normalized spacial score (nSPS) is 14.6. The van der Waals surface area contributed by atoms with Crippen molar-refractivity contribution in [1.82, 2.24) is 10.0 Å². The quantitative estimate of drug-likeness (QED) is 0.600. The topological polar surface area (TPSA) is 84.5 Å². The fourth-order valence-electron chi connectivity index (χ4n) is 2.18. The molecular weight excluding hydrogens is 380 g/mol. The van der Waals surface area contributed by atoms with E-state index in [9.17, 15) is 13.2 Å². The first-order valence-corrected chi connectivity index (χ1v) is 11.3. The third kappa shape index (κ3) is 5.35. The lowest BCUT2D eigenvalue weighted by atomic mass is 10.4. The first-order chi connectivity index (χ1) is 12.1. The number of carbonyl (C=O) groups is 1.